The molecule has 7 rings (SSSR count). The Hall–Kier alpha value is -6.66. The van der Waals surface area contributed by atoms with Gasteiger partial charge in [0.05, 0.1) is 28.5 Å². The van der Waals surface area contributed by atoms with Gasteiger partial charge in [-0.1, -0.05) is 42.5 Å². The molecule has 12 nitrogen and oxygen atoms in total. The van der Waals surface area contributed by atoms with E-state index >= 15 is 0 Å². The highest BCUT2D eigenvalue weighted by Gasteiger charge is 2.33. The van der Waals surface area contributed by atoms with Crippen LogP contribution in [-0.2, 0) is 21.0 Å². The molecule has 1 aliphatic rings. The number of benzene rings is 4. The minimum absolute atomic E-state index is 0.0838. The number of primary amides is 1. The van der Waals surface area contributed by atoms with Gasteiger partial charge in [0.1, 0.15) is 17.5 Å². The molecule has 0 spiro atoms. The van der Waals surface area contributed by atoms with E-state index in [0.717, 1.165) is 24.3 Å². The molecule has 1 amide bonds. The monoisotopic (exact) mass is 816 g/mol. The molecule has 6 aromatic rings. The number of nitrogens with zero attached hydrogens (tertiary/aromatic N) is 5. The largest absolute Gasteiger partial charge is 0.416 e. The number of nitrogens with two attached hydrogens (primary N) is 3. The average molecular weight is 817 g/mol. The minimum atomic E-state index is -4.57. The van der Waals surface area contributed by atoms with Gasteiger partial charge in [-0.2, -0.15) is 17.5 Å². The van der Waals surface area contributed by atoms with Gasteiger partial charge in [0, 0.05) is 59.2 Å². The highest BCUT2D eigenvalue weighted by atomic mass is 32.2. The van der Waals surface area contributed by atoms with Gasteiger partial charge in [-0.3, -0.25) is 14.6 Å². The number of amides is 1. The van der Waals surface area contributed by atoms with Gasteiger partial charge in [-0.05, 0) is 65.9 Å². The van der Waals surface area contributed by atoms with Crippen molar-refractivity contribution in [1.82, 2.24) is 24.2 Å². The molecule has 0 saturated carbocycles. The molecule has 1 aliphatic heterocycles. The lowest BCUT2D eigenvalue weighted by Crippen LogP contribution is -2.41. The number of sulfonamides is 1. The second-order valence-corrected chi connectivity index (χ2v) is 14.9. The fourth-order valence-electron chi connectivity index (χ4n) is 6.31. The number of alkyl halides is 3. The Kier molecular flexibility index (Phi) is 11.9. The predicted molar refractivity (Wildman–Crippen MR) is 206 cm³/mol. The van der Waals surface area contributed by atoms with Crippen LogP contribution in [0.2, 0.25) is 0 Å². The van der Waals surface area contributed by atoms with E-state index in [9.17, 15) is 40.0 Å². The highest BCUT2D eigenvalue weighted by molar-refractivity contribution is 7.89. The third-order valence-electron chi connectivity index (χ3n) is 9.36. The third kappa shape index (κ3) is 8.98. The first-order chi connectivity index (χ1) is 27.6. The number of anilines is 2. The lowest BCUT2D eigenvalue weighted by Gasteiger charge is -2.30. The van der Waals surface area contributed by atoms with Crippen LogP contribution in [0.25, 0.3) is 44.6 Å². The summed E-state index contributed by atoms with van der Waals surface area (Å²) >= 11 is 0. The standard InChI is InChI=1S/C22H22FN5O3S.C18H11F4N3O/c23-19-11-15(5-6-17(19)16-12-26-22(25)27-13-16)18-3-1-2-4-20(18)32(30,31)28-9-7-14(8-10-28)21(24)29;19-15-6-10(1-3-14(15)16-7-25-17(23)8-24-16)13-4-2-12(18(20,21)22)5-11(13)9-26/h1-6,11-14H,7-10H2,(H2,24,29)(H2,25,26,27);1-9H,(H2,23,25). The molecule has 1 saturated heterocycles. The molecule has 2 aromatic heterocycles. The van der Waals surface area contributed by atoms with Crippen LogP contribution in [0.4, 0.5) is 33.7 Å². The summed E-state index contributed by atoms with van der Waals surface area (Å²) in [5.74, 6) is -1.65. The molecule has 298 valence electrons. The molecule has 18 heteroatoms. The second-order valence-electron chi connectivity index (χ2n) is 13.0. The van der Waals surface area contributed by atoms with Crippen molar-refractivity contribution in [3.63, 3.8) is 0 Å². The Balaban J connectivity index is 0.000000200. The lowest BCUT2D eigenvalue weighted by atomic mass is 9.96. The molecule has 3 heterocycles. The van der Waals surface area contributed by atoms with Gasteiger partial charge in [-0.15, -0.1) is 0 Å². The van der Waals surface area contributed by atoms with E-state index in [-0.39, 0.29) is 69.2 Å². The molecule has 0 aliphatic carbocycles. The van der Waals surface area contributed by atoms with Gasteiger partial charge in [-0.25, -0.2) is 32.2 Å². The maximum absolute atomic E-state index is 14.9. The summed E-state index contributed by atoms with van der Waals surface area (Å²) in [7, 11) is -3.84. The Morgan fingerprint density at radius 2 is 1.33 bits per heavy atom. The SMILES string of the molecule is NC(=O)C1CCN(S(=O)(=O)c2ccccc2-c2ccc(-c3cnc(N)nc3)c(F)c2)CC1.Nc1cnc(-c2ccc(-c3ccc(C(F)(F)F)cc3C=O)cc2F)cn1. The fourth-order valence-corrected chi connectivity index (χ4v) is 7.99. The summed E-state index contributed by atoms with van der Waals surface area (Å²) in [6, 6.07) is 17.7. The Morgan fingerprint density at radius 1 is 0.724 bits per heavy atom. The van der Waals surface area contributed by atoms with E-state index in [4.69, 9.17) is 17.2 Å². The summed E-state index contributed by atoms with van der Waals surface area (Å²) in [6.07, 6.45) is 1.93. The summed E-state index contributed by atoms with van der Waals surface area (Å²) in [5.41, 5.74) is 17.6. The van der Waals surface area contributed by atoms with E-state index in [0.29, 0.717) is 35.8 Å². The predicted octanol–water partition coefficient (Wildman–Crippen LogP) is 6.78. The number of hydrogen-bond acceptors (Lipinski definition) is 10. The second kappa shape index (κ2) is 16.8. The van der Waals surface area contributed by atoms with Crippen molar-refractivity contribution in [3.8, 4) is 44.6 Å². The van der Waals surface area contributed by atoms with E-state index in [1.165, 1.54) is 53.4 Å². The summed E-state index contributed by atoms with van der Waals surface area (Å²) < 4.78 is 95.8. The van der Waals surface area contributed by atoms with E-state index in [1.807, 2.05) is 0 Å². The van der Waals surface area contributed by atoms with Crippen LogP contribution < -0.4 is 17.2 Å². The van der Waals surface area contributed by atoms with Crippen molar-refractivity contribution in [2.24, 2.45) is 11.7 Å². The van der Waals surface area contributed by atoms with Crippen LogP contribution in [0.1, 0.15) is 28.8 Å². The molecule has 1 fully saturated rings. The molecule has 0 bridgehead atoms. The fraction of sp³-hybridized carbons (Fsp3) is 0.150. The van der Waals surface area contributed by atoms with Crippen molar-refractivity contribution >= 4 is 34.0 Å². The van der Waals surface area contributed by atoms with Gasteiger partial charge in [0.15, 0.2) is 6.29 Å². The van der Waals surface area contributed by atoms with E-state index < -0.39 is 39.3 Å². The molecule has 4 aromatic carbocycles. The van der Waals surface area contributed by atoms with Gasteiger partial charge in [0.25, 0.3) is 0 Å². The van der Waals surface area contributed by atoms with Crippen molar-refractivity contribution in [1.29, 1.82) is 0 Å². The number of aldehydes is 1. The third-order valence-corrected chi connectivity index (χ3v) is 11.3. The normalized spacial score (nSPS) is 13.7. The Bertz CT molecular complexity index is 2590. The quantitative estimate of drug-likeness (QED) is 0.109. The van der Waals surface area contributed by atoms with Crippen molar-refractivity contribution in [3.05, 3.63) is 126 Å². The van der Waals surface area contributed by atoms with Crippen molar-refractivity contribution in [2.75, 3.05) is 24.6 Å². The first-order valence-corrected chi connectivity index (χ1v) is 18.8. The summed E-state index contributed by atoms with van der Waals surface area (Å²) in [5, 5.41) is 0. The average Bonchev–Trinajstić information content (AvgIpc) is 3.21. The van der Waals surface area contributed by atoms with Crippen molar-refractivity contribution < 1.29 is 40.0 Å². The Labute approximate surface area is 328 Å². The van der Waals surface area contributed by atoms with E-state index in [2.05, 4.69) is 19.9 Å². The maximum Gasteiger partial charge on any atom is 0.416 e. The van der Waals surface area contributed by atoms with Crippen molar-refractivity contribution in [2.45, 2.75) is 23.9 Å². The molecule has 0 atom stereocenters. The summed E-state index contributed by atoms with van der Waals surface area (Å²) in [4.78, 5) is 38.2. The zero-order valence-electron chi connectivity index (χ0n) is 30.2. The Morgan fingerprint density at radius 3 is 1.90 bits per heavy atom. The van der Waals surface area contributed by atoms with Crippen LogP contribution in [0.3, 0.4) is 0 Å². The van der Waals surface area contributed by atoms with E-state index in [1.54, 1.807) is 30.3 Å². The number of hydrogen-bond donors (Lipinski definition) is 3. The van der Waals surface area contributed by atoms with Crippen LogP contribution in [0, 0.1) is 17.6 Å². The molecule has 0 radical (unpaired) electrons. The first kappa shape index (κ1) is 41.0. The number of piperidine rings is 1. The molecular formula is C40H33F5N8O4S. The number of halogens is 5. The minimum Gasteiger partial charge on any atom is -0.382 e. The number of nitrogen functional groups attached to an aromatic ring is 2. The number of aromatic nitrogens is 4. The van der Waals surface area contributed by atoms with Gasteiger partial charge in [0.2, 0.25) is 21.9 Å². The molecule has 6 N–H and O–H groups in total. The zero-order chi connectivity index (χ0) is 41.8. The first-order valence-electron chi connectivity index (χ1n) is 17.4. The highest BCUT2D eigenvalue weighted by Crippen LogP contribution is 2.36. The topological polar surface area (TPSA) is 201 Å². The van der Waals surface area contributed by atoms with Crippen LogP contribution in [0.15, 0.2) is 109 Å². The van der Waals surface area contributed by atoms with Crippen LogP contribution in [-0.4, -0.2) is 57.9 Å². The number of carbonyl (C=O) groups is 2. The van der Waals surface area contributed by atoms with Gasteiger partial charge < -0.3 is 17.2 Å². The lowest BCUT2D eigenvalue weighted by molar-refractivity contribution is -0.137. The summed E-state index contributed by atoms with van der Waals surface area (Å²) in [6.45, 7) is 0.406. The smallest absolute Gasteiger partial charge is 0.382 e. The zero-order valence-corrected chi connectivity index (χ0v) is 31.0. The van der Waals surface area contributed by atoms with Gasteiger partial charge >= 0.3 is 6.18 Å². The number of rotatable bonds is 8. The molecular weight excluding hydrogens is 784 g/mol. The number of carbonyl (C=O) groups excluding carboxylic acids is 2. The maximum atomic E-state index is 14.9. The molecule has 58 heavy (non-hydrogen) atoms. The molecule has 0 unspecified atom stereocenters. The van der Waals surface area contributed by atoms with Crippen LogP contribution >= 0.6 is 0 Å². The van der Waals surface area contributed by atoms with Crippen LogP contribution in [0.5, 0.6) is 0 Å².